The lowest BCUT2D eigenvalue weighted by Crippen LogP contribution is -2.13. The number of rotatable bonds is 8. The van der Waals surface area contributed by atoms with Crippen molar-refractivity contribution in [2.45, 2.75) is 13.5 Å². The third-order valence-electron chi connectivity index (χ3n) is 4.33. The predicted molar refractivity (Wildman–Crippen MR) is 115 cm³/mol. The number of aliphatic hydroxyl groups is 1. The van der Waals surface area contributed by atoms with E-state index in [1.807, 2.05) is 0 Å². The zero-order chi connectivity index (χ0) is 22.2. The molecule has 4 N–H and O–H groups in total. The molecule has 9 heteroatoms. The Labute approximate surface area is 179 Å². The van der Waals surface area contributed by atoms with E-state index in [4.69, 9.17) is 4.42 Å². The standard InChI is InChI=1S/C22H20N6O3/c1-14(30)27-16-6-4-15(5-7-16)20-18(11-23)21(25-8-9-29)28-22(19(20)12-24)26-13-17-3-2-10-31-17/h2-7,10,29H,8-9,13H2,1H3,(H,27,30)(H2,25,26,28). The number of anilines is 3. The molecule has 0 radical (unpaired) electrons. The fourth-order valence-corrected chi connectivity index (χ4v) is 3.03. The van der Waals surface area contributed by atoms with E-state index in [0.29, 0.717) is 29.1 Å². The van der Waals surface area contributed by atoms with E-state index in [1.165, 1.54) is 6.92 Å². The molecule has 0 unspecified atom stereocenters. The third kappa shape index (κ3) is 4.99. The normalized spacial score (nSPS) is 10.1. The van der Waals surface area contributed by atoms with Crippen LogP contribution in [0, 0.1) is 22.7 Å². The van der Waals surface area contributed by atoms with Gasteiger partial charge in [-0.15, -0.1) is 0 Å². The highest BCUT2D eigenvalue weighted by Crippen LogP contribution is 2.35. The molecule has 9 nitrogen and oxygen atoms in total. The summed E-state index contributed by atoms with van der Waals surface area (Å²) in [5.41, 5.74) is 1.98. The number of nitrogens with zero attached hydrogens (tertiary/aromatic N) is 3. The number of aromatic nitrogens is 1. The van der Waals surface area contributed by atoms with Gasteiger partial charge in [0, 0.05) is 24.7 Å². The molecule has 0 spiro atoms. The fraction of sp³-hybridized carbons (Fsp3) is 0.182. The van der Waals surface area contributed by atoms with Crippen LogP contribution in [0.1, 0.15) is 23.8 Å². The molecule has 0 fully saturated rings. The minimum absolute atomic E-state index is 0.150. The molecule has 1 amide bonds. The molecule has 31 heavy (non-hydrogen) atoms. The predicted octanol–water partition coefficient (Wildman–Crippen LogP) is 3.06. The van der Waals surface area contributed by atoms with E-state index in [1.54, 1.807) is 42.7 Å². The Kier molecular flexibility index (Phi) is 6.84. The van der Waals surface area contributed by atoms with Crippen LogP contribution >= 0.6 is 0 Å². The van der Waals surface area contributed by atoms with Crippen molar-refractivity contribution in [1.29, 1.82) is 10.5 Å². The topological polar surface area (TPSA) is 147 Å². The molecular formula is C22H20N6O3. The Morgan fingerprint density at radius 2 is 1.77 bits per heavy atom. The van der Waals surface area contributed by atoms with E-state index in [2.05, 4.69) is 33.1 Å². The van der Waals surface area contributed by atoms with Gasteiger partial charge in [-0.3, -0.25) is 4.79 Å². The van der Waals surface area contributed by atoms with Gasteiger partial charge in [0.15, 0.2) is 0 Å². The van der Waals surface area contributed by atoms with Gasteiger partial charge in [-0.2, -0.15) is 10.5 Å². The summed E-state index contributed by atoms with van der Waals surface area (Å²) in [6.45, 7) is 1.74. The van der Waals surface area contributed by atoms with Crippen molar-refractivity contribution in [1.82, 2.24) is 4.98 Å². The molecular weight excluding hydrogens is 396 g/mol. The van der Waals surface area contributed by atoms with Crippen LogP contribution in [0.2, 0.25) is 0 Å². The molecule has 0 saturated carbocycles. The Hall–Kier alpha value is -4.34. The number of hydrogen-bond acceptors (Lipinski definition) is 8. The van der Waals surface area contributed by atoms with Gasteiger partial charge in [-0.05, 0) is 29.8 Å². The van der Waals surface area contributed by atoms with Crippen LogP contribution in [0.4, 0.5) is 17.3 Å². The number of nitrogens with one attached hydrogen (secondary N) is 3. The second-order valence-corrected chi connectivity index (χ2v) is 6.50. The first-order valence-corrected chi connectivity index (χ1v) is 9.44. The maximum absolute atomic E-state index is 11.3. The molecule has 0 bridgehead atoms. The number of nitriles is 2. The quantitative estimate of drug-likeness (QED) is 0.438. The van der Waals surface area contributed by atoms with Crippen molar-refractivity contribution in [3.8, 4) is 23.3 Å². The first-order valence-electron chi connectivity index (χ1n) is 9.44. The molecule has 0 aliphatic rings. The number of hydrogen-bond donors (Lipinski definition) is 4. The molecule has 0 aliphatic heterocycles. The maximum Gasteiger partial charge on any atom is 0.221 e. The smallest absolute Gasteiger partial charge is 0.221 e. The minimum Gasteiger partial charge on any atom is -0.467 e. The van der Waals surface area contributed by atoms with Crippen LogP contribution in [0.25, 0.3) is 11.1 Å². The average Bonchev–Trinajstić information content (AvgIpc) is 3.29. The maximum atomic E-state index is 11.3. The average molecular weight is 416 g/mol. The number of aliphatic hydroxyl groups excluding tert-OH is 1. The van der Waals surface area contributed by atoms with E-state index in [-0.39, 0.29) is 41.8 Å². The van der Waals surface area contributed by atoms with Gasteiger partial charge in [0.2, 0.25) is 5.91 Å². The van der Waals surface area contributed by atoms with Gasteiger partial charge >= 0.3 is 0 Å². The van der Waals surface area contributed by atoms with Gasteiger partial charge in [0.05, 0.1) is 19.4 Å². The zero-order valence-corrected chi connectivity index (χ0v) is 16.8. The van der Waals surface area contributed by atoms with Crippen molar-refractivity contribution < 1.29 is 14.3 Å². The largest absolute Gasteiger partial charge is 0.467 e. The Morgan fingerprint density at radius 3 is 2.32 bits per heavy atom. The summed E-state index contributed by atoms with van der Waals surface area (Å²) in [6.07, 6.45) is 1.55. The van der Waals surface area contributed by atoms with E-state index in [0.717, 1.165) is 0 Å². The summed E-state index contributed by atoms with van der Waals surface area (Å²) < 4.78 is 5.32. The summed E-state index contributed by atoms with van der Waals surface area (Å²) in [7, 11) is 0. The third-order valence-corrected chi connectivity index (χ3v) is 4.33. The number of carbonyl (C=O) groups excluding carboxylic acids is 1. The van der Waals surface area contributed by atoms with Crippen molar-refractivity contribution in [2.24, 2.45) is 0 Å². The molecule has 156 valence electrons. The molecule has 2 heterocycles. The van der Waals surface area contributed by atoms with Gasteiger partial charge in [0.1, 0.15) is 40.7 Å². The number of pyridine rings is 1. The summed E-state index contributed by atoms with van der Waals surface area (Å²) in [5, 5.41) is 37.6. The van der Waals surface area contributed by atoms with Gasteiger partial charge < -0.3 is 25.5 Å². The second-order valence-electron chi connectivity index (χ2n) is 6.50. The minimum atomic E-state index is -0.202. The lowest BCUT2D eigenvalue weighted by molar-refractivity contribution is -0.114. The summed E-state index contributed by atoms with van der Waals surface area (Å²) in [4.78, 5) is 15.7. The number of amides is 1. The van der Waals surface area contributed by atoms with Crippen molar-refractivity contribution in [3.05, 3.63) is 59.5 Å². The summed E-state index contributed by atoms with van der Waals surface area (Å²) >= 11 is 0. The van der Waals surface area contributed by atoms with Crippen molar-refractivity contribution in [2.75, 3.05) is 29.1 Å². The van der Waals surface area contributed by atoms with Crippen molar-refractivity contribution >= 4 is 23.2 Å². The molecule has 1 aromatic carbocycles. The Morgan fingerprint density at radius 1 is 1.10 bits per heavy atom. The van der Waals surface area contributed by atoms with Crippen LogP contribution in [-0.4, -0.2) is 29.1 Å². The lowest BCUT2D eigenvalue weighted by Gasteiger charge is -2.17. The van der Waals surface area contributed by atoms with Crippen LogP contribution in [0.15, 0.2) is 47.1 Å². The molecule has 2 aromatic heterocycles. The highest BCUT2D eigenvalue weighted by molar-refractivity contribution is 5.90. The summed E-state index contributed by atoms with van der Waals surface area (Å²) in [6, 6.07) is 14.6. The highest BCUT2D eigenvalue weighted by atomic mass is 16.3. The fourth-order valence-electron chi connectivity index (χ4n) is 3.03. The van der Waals surface area contributed by atoms with Crippen LogP contribution < -0.4 is 16.0 Å². The molecule has 0 saturated heterocycles. The van der Waals surface area contributed by atoms with E-state index < -0.39 is 0 Å². The molecule has 3 rings (SSSR count). The van der Waals surface area contributed by atoms with E-state index in [9.17, 15) is 20.4 Å². The first-order chi connectivity index (χ1) is 15.1. The lowest BCUT2D eigenvalue weighted by atomic mass is 9.95. The highest BCUT2D eigenvalue weighted by Gasteiger charge is 2.21. The van der Waals surface area contributed by atoms with Crippen LogP contribution in [-0.2, 0) is 11.3 Å². The Bertz CT molecular complexity index is 1140. The van der Waals surface area contributed by atoms with E-state index >= 15 is 0 Å². The van der Waals surface area contributed by atoms with Gasteiger partial charge in [0.25, 0.3) is 0 Å². The molecule has 3 aromatic rings. The van der Waals surface area contributed by atoms with Crippen LogP contribution in [0.5, 0.6) is 0 Å². The number of carbonyl (C=O) groups is 1. The van der Waals surface area contributed by atoms with Gasteiger partial charge in [-0.25, -0.2) is 4.98 Å². The number of furan rings is 1. The van der Waals surface area contributed by atoms with Gasteiger partial charge in [-0.1, -0.05) is 12.1 Å². The SMILES string of the molecule is CC(=O)Nc1ccc(-c2c(C#N)c(NCCO)nc(NCc3ccco3)c2C#N)cc1. The van der Waals surface area contributed by atoms with Crippen molar-refractivity contribution in [3.63, 3.8) is 0 Å². The Balaban J connectivity index is 2.11. The second kappa shape index (κ2) is 9.92. The van der Waals surface area contributed by atoms with Crippen LogP contribution in [0.3, 0.4) is 0 Å². The summed E-state index contributed by atoms with van der Waals surface area (Å²) in [5.74, 6) is 0.978. The monoisotopic (exact) mass is 416 g/mol. The number of benzene rings is 1. The molecule has 0 atom stereocenters. The zero-order valence-electron chi connectivity index (χ0n) is 16.8. The first kappa shape index (κ1) is 21.4. The molecule has 0 aliphatic carbocycles.